The minimum Gasteiger partial charge on any atom is -0.390 e. The maximum atomic E-state index is 9.88. The normalized spacial score (nSPS) is 21.4. The summed E-state index contributed by atoms with van der Waals surface area (Å²) in [4.78, 5) is 0. The lowest BCUT2D eigenvalue weighted by atomic mass is 9.96. The smallest absolute Gasteiger partial charge is 0.0955 e. The van der Waals surface area contributed by atoms with Crippen molar-refractivity contribution >= 4 is 0 Å². The lowest BCUT2D eigenvalue weighted by Crippen LogP contribution is -2.45. The molecule has 2 rings (SSSR count). The maximum absolute atomic E-state index is 9.88. The molecular weight excluding hydrogens is 202 g/mol. The summed E-state index contributed by atoms with van der Waals surface area (Å²) >= 11 is 0. The Kier molecular flexibility index (Phi) is 3.59. The number of aliphatic hydroxyl groups excluding tert-OH is 2. The zero-order valence-electron chi connectivity index (χ0n) is 9.29. The van der Waals surface area contributed by atoms with E-state index in [1.807, 2.05) is 30.3 Å². The Morgan fingerprint density at radius 2 is 1.81 bits per heavy atom. The molecule has 1 saturated carbocycles. The van der Waals surface area contributed by atoms with Crippen molar-refractivity contribution in [2.45, 2.75) is 37.5 Å². The number of aliphatic hydroxyl groups is 2. The van der Waals surface area contributed by atoms with Crippen LogP contribution in [-0.4, -0.2) is 28.5 Å². The van der Waals surface area contributed by atoms with Crippen molar-refractivity contribution < 1.29 is 10.2 Å². The van der Waals surface area contributed by atoms with Crippen LogP contribution in [0, 0.1) is 5.92 Å². The highest BCUT2D eigenvalue weighted by Gasteiger charge is 2.36. The average Bonchev–Trinajstić information content (AvgIpc) is 3.12. The molecule has 0 aliphatic heterocycles. The minimum atomic E-state index is -0.812. The first-order valence-corrected chi connectivity index (χ1v) is 5.84. The molecule has 1 aliphatic carbocycles. The van der Waals surface area contributed by atoms with E-state index in [4.69, 9.17) is 5.73 Å². The summed E-state index contributed by atoms with van der Waals surface area (Å²) in [5, 5.41) is 19.7. The second kappa shape index (κ2) is 4.95. The second-order valence-corrected chi connectivity index (χ2v) is 4.67. The van der Waals surface area contributed by atoms with Crippen LogP contribution in [0.2, 0.25) is 0 Å². The minimum absolute atomic E-state index is 0.261. The molecule has 0 amide bonds. The van der Waals surface area contributed by atoms with Crippen LogP contribution >= 0.6 is 0 Å². The van der Waals surface area contributed by atoms with Gasteiger partial charge in [-0.05, 0) is 30.7 Å². The molecule has 1 aromatic carbocycles. The summed E-state index contributed by atoms with van der Waals surface area (Å²) in [6.07, 6.45) is 1.16. The molecular formula is C13H19NO2. The van der Waals surface area contributed by atoms with Crippen LogP contribution in [0.15, 0.2) is 30.3 Å². The van der Waals surface area contributed by atoms with Gasteiger partial charge >= 0.3 is 0 Å². The average molecular weight is 221 g/mol. The molecule has 0 spiro atoms. The predicted octanol–water partition coefficient (Wildman–Crippen LogP) is 0.688. The number of benzene rings is 1. The standard InChI is InChI=1S/C13H19NO2/c14-11(8-9-4-2-1-3-5-9)13(16)12(15)10-6-7-10/h1-5,10-13,15-16H,6-8,14H2. The highest BCUT2D eigenvalue weighted by molar-refractivity contribution is 5.16. The van der Waals surface area contributed by atoms with E-state index in [0.29, 0.717) is 6.42 Å². The summed E-state index contributed by atoms with van der Waals surface area (Å²) in [7, 11) is 0. The molecule has 1 aliphatic rings. The van der Waals surface area contributed by atoms with Crippen molar-refractivity contribution in [3.05, 3.63) is 35.9 Å². The number of rotatable bonds is 5. The summed E-state index contributed by atoms with van der Waals surface area (Å²) in [6.45, 7) is 0. The van der Waals surface area contributed by atoms with Crippen molar-refractivity contribution in [3.63, 3.8) is 0 Å². The fourth-order valence-corrected chi connectivity index (χ4v) is 1.98. The Morgan fingerprint density at radius 1 is 1.19 bits per heavy atom. The third-order valence-electron chi connectivity index (χ3n) is 3.21. The molecule has 16 heavy (non-hydrogen) atoms. The number of nitrogens with two attached hydrogens (primary N) is 1. The van der Waals surface area contributed by atoms with Crippen molar-refractivity contribution in [1.82, 2.24) is 0 Å². The van der Waals surface area contributed by atoms with Gasteiger partial charge in [-0.2, -0.15) is 0 Å². The van der Waals surface area contributed by atoms with E-state index in [9.17, 15) is 10.2 Å². The van der Waals surface area contributed by atoms with E-state index in [0.717, 1.165) is 18.4 Å². The van der Waals surface area contributed by atoms with Crippen LogP contribution in [0.3, 0.4) is 0 Å². The molecule has 1 aromatic rings. The van der Waals surface area contributed by atoms with Crippen LogP contribution < -0.4 is 5.73 Å². The third-order valence-corrected chi connectivity index (χ3v) is 3.21. The lowest BCUT2D eigenvalue weighted by Gasteiger charge is -2.23. The highest BCUT2D eigenvalue weighted by atomic mass is 16.3. The van der Waals surface area contributed by atoms with Crippen molar-refractivity contribution in [1.29, 1.82) is 0 Å². The Morgan fingerprint density at radius 3 is 2.38 bits per heavy atom. The fraction of sp³-hybridized carbons (Fsp3) is 0.538. The van der Waals surface area contributed by atoms with E-state index in [2.05, 4.69) is 0 Å². The van der Waals surface area contributed by atoms with Gasteiger partial charge in [0.05, 0.1) is 12.2 Å². The maximum Gasteiger partial charge on any atom is 0.0955 e. The quantitative estimate of drug-likeness (QED) is 0.685. The van der Waals surface area contributed by atoms with Gasteiger partial charge in [-0.15, -0.1) is 0 Å². The van der Waals surface area contributed by atoms with Crippen LogP contribution in [0.25, 0.3) is 0 Å². The Hall–Kier alpha value is -0.900. The summed E-state index contributed by atoms with van der Waals surface area (Å²) in [6, 6.07) is 9.42. The largest absolute Gasteiger partial charge is 0.390 e. The molecule has 3 unspecified atom stereocenters. The second-order valence-electron chi connectivity index (χ2n) is 4.67. The third kappa shape index (κ3) is 2.82. The zero-order valence-corrected chi connectivity index (χ0v) is 9.29. The molecule has 0 radical (unpaired) electrons. The van der Waals surface area contributed by atoms with E-state index >= 15 is 0 Å². The molecule has 1 fully saturated rings. The van der Waals surface area contributed by atoms with Crippen LogP contribution in [-0.2, 0) is 6.42 Å². The van der Waals surface area contributed by atoms with Gasteiger partial charge in [0, 0.05) is 6.04 Å². The lowest BCUT2D eigenvalue weighted by molar-refractivity contribution is -0.00811. The Balaban J connectivity index is 1.89. The highest BCUT2D eigenvalue weighted by Crippen LogP contribution is 2.34. The first-order valence-electron chi connectivity index (χ1n) is 5.84. The van der Waals surface area contributed by atoms with Gasteiger partial charge in [0.1, 0.15) is 0 Å². The van der Waals surface area contributed by atoms with Crippen molar-refractivity contribution in [3.8, 4) is 0 Å². The monoisotopic (exact) mass is 221 g/mol. The Labute approximate surface area is 95.9 Å². The van der Waals surface area contributed by atoms with Crippen molar-refractivity contribution in [2.75, 3.05) is 0 Å². The first-order chi connectivity index (χ1) is 7.68. The fourth-order valence-electron chi connectivity index (χ4n) is 1.98. The molecule has 3 heteroatoms. The number of hydrogen-bond acceptors (Lipinski definition) is 3. The van der Waals surface area contributed by atoms with Gasteiger partial charge in [0.25, 0.3) is 0 Å². The van der Waals surface area contributed by atoms with Crippen LogP contribution in [0.4, 0.5) is 0 Å². The molecule has 3 nitrogen and oxygen atoms in total. The van der Waals surface area contributed by atoms with E-state index in [-0.39, 0.29) is 5.92 Å². The molecule has 4 N–H and O–H groups in total. The van der Waals surface area contributed by atoms with Crippen LogP contribution in [0.5, 0.6) is 0 Å². The van der Waals surface area contributed by atoms with E-state index in [1.54, 1.807) is 0 Å². The van der Waals surface area contributed by atoms with Gasteiger partial charge < -0.3 is 15.9 Å². The van der Waals surface area contributed by atoms with E-state index < -0.39 is 18.2 Å². The summed E-state index contributed by atoms with van der Waals surface area (Å²) < 4.78 is 0. The van der Waals surface area contributed by atoms with E-state index in [1.165, 1.54) is 0 Å². The van der Waals surface area contributed by atoms with Gasteiger partial charge in [0.2, 0.25) is 0 Å². The van der Waals surface area contributed by atoms with Crippen molar-refractivity contribution in [2.24, 2.45) is 11.7 Å². The van der Waals surface area contributed by atoms with Gasteiger partial charge in [-0.3, -0.25) is 0 Å². The molecule has 0 aromatic heterocycles. The summed E-state index contributed by atoms with van der Waals surface area (Å²) in [5.41, 5.74) is 7.00. The molecule has 0 saturated heterocycles. The number of hydrogen-bond donors (Lipinski definition) is 3. The van der Waals surface area contributed by atoms with Gasteiger partial charge in [0.15, 0.2) is 0 Å². The molecule has 3 atom stereocenters. The van der Waals surface area contributed by atoms with Crippen LogP contribution in [0.1, 0.15) is 18.4 Å². The van der Waals surface area contributed by atoms with Gasteiger partial charge in [-0.1, -0.05) is 30.3 Å². The Bertz CT molecular complexity index is 324. The predicted molar refractivity (Wildman–Crippen MR) is 62.9 cm³/mol. The molecule has 88 valence electrons. The topological polar surface area (TPSA) is 66.5 Å². The SMILES string of the molecule is NC(Cc1ccccc1)C(O)C(O)C1CC1. The summed E-state index contributed by atoms with van der Waals surface area (Å²) in [5.74, 6) is 0.261. The zero-order chi connectivity index (χ0) is 11.5. The molecule has 0 heterocycles. The molecule has 0 bridgehead atoms. The van der Waals surface area contributed by atoms with Gasteiger partial charge in [-0.25, -0.2) is 0 Å². The first kappa shape index (κ1) is 11.6.